The number of rotatable bonds is 3. The summed E-state index contributed by atoms with van der Waals surface area (Å²) in [7, 11) is 0. The van der Waals surface area contributed by atoms with Crippen LogP contribution in [0.4, 0.5) is 18.9 Å². The van der Waals surface area contributed by atoms with E-state index in [4.69, 9.17) is 9.47 Å². The van der Waals surface area contributed by atoms with Crippen molar-refractivity contribution in [2.45, 2.75) is 26.1 Å². The van der Waals surface area contributed by atoms with Crippen molar-refractivity contribution >= 4 is 33.5 Å². The van der Waals surface area contributed by atoms with Crippen LogP contribution in [0, 0.1) is 0 Å². The van der Waals surface area contributed by atoms with E-state index < -0.39 is 36.3 Å². The highest BCUT2D eigenvalue weighted by molar-refractivity contribution is 9.10. The molecule has 0 saturated carbocycles. The molecule has 126 valence electrons. The van der Waals surface area contributed by atoms with Crippen molar-refractivity contribution in [1.29, 1.82) is 0 Å². The lowest BCUT2D eigenvalue weighted by Crippen LogP contribution is -2.48. The van der Waals surface area contributed by atoms with Crippen LogP contribution in [0.15, 0.2) is 16.6 Å². The molecule has 1 aromatic carbocycles. The number of benzene rings is 1. The Balaban J connectivity index is 2.48. The smallest absolute Gasteiger partial charge is 0.417 e. The van der Waals surface area contributed by atoms with E-state index in [0.29, 0.717) is 0 Å². The van der Waals surface area contributed by atoms with Gasteiger partial charge in [0.15, 0.2) is 6.61 Å². The first kappa shape index (κ1) is 17.6. The Morgan fingerprint density at radius 1 is 1.48 bits per heavy atom. The zero-order valence-electron chi connectivity index (χ0n) is 12.2. The largest absolute Gasteiger partial charge is 0.482 e. The van der Waals surface area contributed by atoms with E-state index in [-0.39, 0.29) is 22.5 Å². The van der Waals surface area contributed by atoms with Crippen molar-refractivity contribution in [2.75, 3.05) is 18.1 Å². The summed E-state index contributed by atoms with van der Waals surface area (Å²) in [6.45, 7) is 2.74. The van der Waals surface area contributed by atoms with E-state index >= 15 is 0 Å². The van der Waals surface area contributed by atoms with Gasteiger partial charge in [-0.3, -0.25) is 9.69 Å². The lowest BCUT2D eigenvalue weighted by atomic mass is 10.1. The van der Waals surface area contributed by atoms with Crippen molar-refractivity contribution in [2.24, 2.45) is 0 Å². The number of ether oxygens (including phenoxy) is 2. The third-order valence-electron chi connectivity index (χ3n) is 3.25. The molecule has 1 aliphatic rings. The van der Waals surface area contributed by atoms with E-state index in [1.54, 1.807) is 6.92 Å². The van der Waals surface area contributed by atoms with Gasteiger partial charge in [0.1, 0.15) is 11.8 Å². The number of fused-ring (bicyclic) bond motifs is 1. The number of hydrogen-bond acceptors (Lipinski definition) is 4. The van der Waals surface area contributed by atoms with Crippen LogP contribution in [0.3, 0.4) is 0 Å². The van der Waals surface area contributed by atoms with E-state index in [1.165, 1.54) is 6.92 Å². The van der Waals surface area contributed by atoms with Crippen molar-refractivity contribution in [3.63, 3.8) is 0 Å². The normalized spacial score (nSPS) is 15.7. The van der Waals surface area contributed by atoms with Crippen LogP contribution in [0.2, 0.25) is 0 Å². The zero-order valence-corrected chi connectivity index (χ0v) is 13.8. The summed E-state index contributed by atoms with van der Waals surface area (Å²) in [6.07, 6.45) is -4.57. The van der Waals surface area contributed by atoms with E-state index in [2.05, 4.69) is 15.9 Å². The fourth-order valence-electron chi connectivity index (χ4n) is 2.20. The fourth-order valence-corrected chi connectivity index (χ4v) is 2.76. The van der Waals surface area contributed by atoms with Gasteiger partial charge in [-0.05, 0) is 26.0 Å². The molecule has 0 saturated heterocycles. The van der Waals surface area contributed by atoms with Gasteiger partial charge in [-0.1, -0.05) is 15.9 Å². The van der Waals surface area contributed by atoms with E-state index in [1.807, 2.05) is 0 Å². The summed E-state index contributed by atoms with van der Waals surface area (Å²) < 4.78 is 48.5. The Kier molecular flexibility index (Phi) is 4.88. The first-order chi connectivity index (χ1) is 10.7. The average molecular weight is 396 g/mol. The Hall–Kier alpha value is -1.77. The quantitative estimate of drug-likeness (QED) is 0.737. The van der Waals surface area contributed by atoms with E-state index in [0.717, 1.165) is 17.0 Å². The maximum atomic E-state index is 12.9. The van der Waals surface area contributed by atoms with Crippen molar-refractivity contribution in [3.8, 4) is 5.75 Å². The van der Waals surface area contributed by atoms with Gasteiger partial charge < -0.3 is 9.47 Å². The molecule has 2 rings (SSSR count). The number of anilines is 1. The molecule has 0 N–H and O–H groups in total. The molecular weight excluding hydrogens is 383 g/mol. The number of halogens is 4. The molecule has 1 atom stereocenters. The lowest BCUT2D eigenvalue weighted by molar-refractivity contribution is -0.145. The molecule has 1 heterocycles. The van der Waals surface area contributed by atoms with Crippen molar-refractivity contribution in [1.82, 2.24) is 0 Å². The van der Waals surface area contributed by atoms with Gasteiger partial charge in [0, 0.05) is 4.47 Å². The molecule has 1 amide bonds. The minimum atomic E-state index is -4.57. The van der Waals surface area contributed by atoms with Gasteiger partial charge in [-0.2, -0.15) is 13.2 Å². The van der Waals surface area contributed by atoms with Crippen LogP contribution in [-0.4, -0.2) is 31.1 Å². The highest BCUT2D eigenvalue weighted by atomic mass is 79.9. The number of esters is 1. The average Bonchev–Trinajstić information content (AvgIpc) is 2.45. The highest BCUT2D eigenvalue weighted by Gasteiger charge is 2.38. The minimum Gasteiger partial charge on any atom is -0.482 e. The number of amides is 1. The molecule has 0 radical (unpaired) electrons. The molecule has 0 aromatic heterocycles. The third-order valence-corrected chi connectivity index (χ3v) is 3.90. The van der Waals surface area contributed by atoms with Gasteiger partial charge in [0.25, 0.3) is 5.91 Å². The van der Waals surface area contributed by atoms with Crippen LogP contribution in [0.5, 0.6) is 5.75 Å². The topological polar surface area (TPSA) is 55.8 Å². The summed E-state index contributed by atoms with van der Waals surface area (Å²) in [4.78, 5) is 25.0. The summed E-state index contributed by atoms with van der Waals surface area (Å²) in [5.74, 6) is -1.30. The SMILES string of the molecule is CCOC(=O)C(C)N1C(=O)COc2cc(C(F)(F)F)c(Br)cc21. The first-order valence-corrected chi connectivity index (χ1v) is 7.48. The standard InChI is InChI=1S/C14H13BrF3NO4/c1-3-22-13(21)7(2)19-10-5-9(15)8(14(16,17)18)4-11(10)23-6-12(19)20/h4-5,7H,3,6H2,1-2H3. The van der Waals surface area contributed by atoms with Crippen LogP contribution in [0.25, 0.3) is 0 Å². The number of carbonyl (C=O) groups excluding carboxylic acids is 2. The maximum absolute atomic E-state index is 12.9. The monoisotopic (exact) mass is 395 g/mol. The van der Waals surface area contributed by atoms with Crippen LogP contribution >= 0.6 is 15.9 Å². The van der Waals surface area contributed by atoms with Crippen LogP contribution in [0.1, 0.15) is 19.4 Å². The maximum Gasteiger partial charge on any atom is 0.417 e. The third kappa shape index (κ3) is 3.44. The van der Waals surface area contributed by atoms with Gasteiger partial charge in [-0.15, -0.1) is 0 Å². The summed E-state index contributed by atoms with van der Waals surface area (Å²) in [5, 5.41) is 0. The molecule has 23 heavy (non-hydrogen) atoms. The van der Waals surface area contributed by atoms with Crippen molar-refractivity contribution in [3.05, 3.63) is 22.2 Å². The van der Waals surface area contributed by atoms with Crippen LogP contribution < -0.4 is 9.64 Å². The molecule has 0 spiro atoms. The minimum absolute atomic E-state index is 0.0849. The summed E-state index contributed by atoms with van der Waals surface area (Å²) in [5.41, 5.74) is -0.837. The van der Waals surface area contributed by atoms with Gasteiger partial charge in [0.2, 0.25) is 0 Å². The molecule has 1 unspecified atom stereocenters. The highest BCUT2D eigenvalue weighted by Crippen LogP contribution is 2.43. The Morgan fingerprint density at radius 3 is 2.70 bits per heavy atom. The second-order valence-electron chi connectivity index (χ2n) is 4.78. The molecular formula is C14H13BrF3NO4. The van der Waals surface area contributed by atoms with Crippen molar-refractivity contribution < 1.29 is 32.2 Å². The molecule has 1 aromatic rings. The van der Waals surface area contributed by atoms with Gasteiger partial charge >= 0.3 is 12.1 Å². The number of nitrogens with zero attached hydrogens (tertiary/aromatic N) is 1. The fraction of sp³-hybridized carbons (Fsp3) is 0.429. The van der Waals surface area contributed by atoms with Gasteiger partial charge in [0.05, 0.1) is 17.9 Å². The molecule has 1 aliphatic heterocycles. The Morgan fingerprint density at radius 2 is 2.13 bits per heavy atom. The molecule has 0 bridgehead atoms. The second kappa shape index (κ2) is 6.38. The summed E-state index contributed by atoms with van der Waals surface area (Å²) in [6, 6.07) is 0.940. The van der Waals surface area contributed by atoms with E-state index in [9.17, 15) is 22.8 Å². The first-order valence-electron chi connectivity index (χ1n) is 6.69. The molecule has 0 aliphatic carbocycles. The van der Waals surface area contributed by atoms with Crippen LogP contribution in [-0.2, 0) is 20.5 Å². The predicted octanol–water partition coefficient (Wildman–Crippen LogP) is 3.14. The zero-order chi connectivity index (χ0) is 17.4. The van der Waals surface area contributed by atoms with Gasteiger partial charge in [-0.25, -0.2) is 4.79 Å². The molecule has 9 heteroatoms. The number of alkyl halides is 3. The molecule has 0 fully saturated rings. The lowest BCUT2D eigenvalue weighted by Gasteiger charge is -2.33. The Labute approximate surface area is 138 Å². The molecule has 5 nitrogen and oxygen atoms in total. The Bertz CT molecular complexity index is 648. The predicted molar refractivity (Wildman–Crippen MR) is 78.2 cm³/mol. The summed E-state index contributed by atoms with van der Waals surface area (Å²) >= 11 is 2.85. The number of carbonyl (C=O) groups is 2. The number of hydrogen-bond donors (Lipinski definition) is 0. The second-order valence-corrected chi connectivity index (χ2v) is 5.63.